The van der Waals surface area contributed by atoms with Crippen LogP contribution >= 0.6 is 27.3 Å². The third-order valence-electron chi connectivity index (χ3n) is 4.60. The Kier molecular flexibility index (Phi) is 8.30. The maximum Gasteiger partial charge on any atom is 0.349 e. The summed E-state index contributed by atoms with van der Waals surface area (Å²) >= 11 is 4.33. The number of hydrogen-bond donors (Lipinski definition) is 3. The molecule has 0 aliphatic rings. The van der Waals surface area contributed by atoms with Crippen LogP contribution in [0.4, 0.5) is 10.5 Å². The van der Waals surface area contributed by atoms with Crippen molar-refractivity contribution < 1.29 is 29.3 Å². The van der Waals surface area contributed by atoms with Crippen LogP contribution in [0.2, 0.25) is 0 Å². The van der Waals surface area contributed by atoms with E-state index in [1.807, 2.05) is 44.2 Å². The molecule has 0 unspecified atom stereocenters. The van der Waals surface area contributed by atoms with Gasteiger partial charge in [-0.05, 0) is 53.0 Å². The second-order valence-corrected chi connectivity index (χ2v) is 9.43. The van der Waals surface area contributed by atoms with Crippen LogP contribution in [0.15, 0.2) is 59.1 Å². The zero-order chi connectivity index (χ0) is 24.8. The normalized spacial score (nSPS) is 10.7. The minimum absolute atomic E-state index is 0.0426. The Morgan fingerprint density at radius 3 is 2.41 bits per heavy atom. The first-order valence-corrected chi connectivity index (χ1v) is 11.9. The number of urea groups is 1. The molecule has 0 aliphatic heterocycles. The smallest absolute Gasteiger partial charge is 0.349 e. The molecular weight excluding hydrogens is 524 g/mol. The van der Waals surface area contributed by atoms with Gasteiger partial charge in [0.25, 0.3) is 0 Å². The van der Waals surface area contributed by atoms with Crippen LogP contribution < -0.4 is 15.0 Å². The fourth-order valence-corrected chi connectivity index (χ4v) is 5.06. The lowest BCUT2D eigenvalue weighted by molar-refractivity contribution is -0.139. The molecular formula is C24H23BrN2O6S. The number of carboxylic acid groups (broad SMARTS) is 2. The quantitative estimate of drug-likeness (QED) is 0.328. The van der Waals surface area contributed by atoms with Gasteiger partial charge >= 0.3 is 18.0 Å². The molecule has 34 heavy (non-hydrogen) atoms. The summed E-state index contributed by atoms with van der Waals surface area (Å²) in [5.74, 6) is -2.49. The van der Waals surface area contributed by atoms with Crippen LogP contribution in [-0.4, -0.2) is 40.8 Å². The lowest BCUT2D eigenvalue weighted by atomic mass is 10.1. The predicted octanol–water partition coefficient (Wildman–Crippen LogP) is 5.46. The van der Waals surface area contributed by atoms with Crippen molar-refractivity contribution in [1.29, 1.82) is 0 Å². The number of aliphatic carboxylic acids is 1. The Bertz CT molecular complexity index is 1200. The van der Waals surface area contributed by atoms with Crippen LogP contribution in [0.5, 0.6) is 5.75 Å². The highest BCUT2D eigenvalue weighted by Crippen LogP contribution is 2.46. The lowest BCUT2D eigenvalue weighted by Crippen LogP contribution is -2.42. The summed E-state index contributed by atoms with van der Waals surface area (Å²) in [7, 11) is 0. The first-order valence-electron chi connectivity index (χ1n) is 10.3. The third-order valence-corrected chi connectivity index (χ3v) is 6.83. The highest BCUT2D eigenvalue weighted by Gasteiger charge is 2.25. The van der Waals surface area contributed by atoms with Gasteiger partial charge in [-0.2, -0.15) is 0 Å². The number of nitrogens with zero attached hydrogens (tertiary/aromatic N) is 1. The molecule has 0 bridgehead atoms. The number of halogens is 1. The van der Waals surface area contributed by atoms with E-state index in [9.17, 15) is 19.5 Å². The van der Waals surface area contributed by atoms with Gasteiger partial charge in [-0.15, -0.1) is 11.3 Å². The van der Waals surface area contributed by atoms with E-state index in [2.05, 4.69) is 21.2 Å². The third kappa shape index (κ3) is 6.15. The standard InChI is InChI=1S/C24H23BrN2O6S/c1-14(2)26-24(32)27(12-15-7-4-3-5-8-15)17-10-6-9-16(11-17)21-19(25)20(33-13-18(28)29)22(34-21)23(30)31/h3-11,14H,12-13H2,1-2H3,(H,26,32)(H,28,29)(H,30,31). The Balaban J connectivity index is 2.03. The topological polar surface area (TPSA) is 116 Å². The van der Waals surface area contributed by atoms with E-state index in [4.69, 9.17) is 9.84 Å². The van der Waals surface area contributed by atoms with E-state index >= 15 is 0 Å². The summed E-state index contributed by atoms with van der Waals surface area (Å²) in [6.07, 6.45) is 0. The van der Waals surface area contributed by atoms with Crippen molar-refractivity contribution in [3.05, 3.63) is 69.5 Å². The number of carbonyl (C=O) groups excluding carboxylic acids is 1. The molecule has 3 N–H and O–H groups in total. The summed E-state index contributed by atoms with van der Waals surface area (Å²) in [5, 5.41) is 21.4. The molecule has 178 valence electrons. The molecule has 0 spiro atoms. The number of hydrogen-bond acceptors (Lipinski definition) is 5. The number of ether oxygens (including phenoxy) is 1. The molecule has 10 heteroatoms. The monoisotopic (exact) mass is 546 g/mol. The average molecular weight is 547 g/mol. The van der Waals surface area contributed by atoms with Gasteiger partial charge in [0.2, 0.25) is 0 Å². The average Bonchev–Trinajstić information content (AvgIpc) is 3.12. The molecule has 0 saturated heterocycles. The maximum absolute atomic E-state index is 13.0. The van der Waals surface area contributed by atoms with E-state index in [1.165, 1.54) is 0 Å². The van der Waals surface area contributed by atoms with Crippen LogP contribution in [-0.2, 0) is 11.3 Å². The van der Waals surface area contributed by atoms with Gasteiger partial charge in [-0.25, -0.2) is 14.4 Å². The molecule has 0 aliphatic carbocycles. The van der Waals surface area contributed by atoms with Crippen molar-refractivity contribution in [2.45, 2.75) is 26.4 Å². The van der Waals surface area contributed by atoms with Crippen LogP contribution in [0.1, 0.15) is 29.1 Å². The Hall–Kier alpha value is -3.37. The van der Waals surface area contributed by atoms with Crippen molar-refractivity contribution >= 4 is 50.9 Å². The first kappa shape index (κ1) is 25.3. The van der Waals surface area contributed by atoms with Crippen molar-refractivity contribution in [2.24, 2.45) is 0 Å². The molecule has 3 rings (SSSR count). The van der Waals surface area contributed by atoms with Crippen LogP contribution in [0.25, 0.3) is 10.4 Å². The largest absolute Gasteiger partial charge is 0.479 e. The van der Waals surface area contributed by atoms with Crippen LogP contribution in [0, 0.1) is 0 Å². The molecule has 8 nitrogen and oxygen atoms in total. The fraction of sp³-hybridized carbons (Fsp3) is 0.208. The van der Waals surface area contributed by atoms with Gasteiger partial charge < -0.3 is 20.3 Å². The van der Waals surface area contributed by atoms with Gasteiger partial charge in [0, 0.05) is 11.7 Å². The SMILES string of the molecule is CC(C)NC(=O)N(Cc1ccccc1)c1cccc(-c2sc(C(=O)O)c(OCC(=O)O)c2Br)c1. The summed E-state index contributed by atoms with van der Waals surface area (Å²) in [4.78, 5) is 37.7. The molecule has 1 heterocycles. The van der Waals surface area contributed by atoms with E-state index in [-0.39, 0.29) is 22.7 Å². The number of nitrogens with one attached hydrogen (secondary N) is 1. The number of anilines is 1. The molecule has 0 fully saturated rings. The van der Waals surface area contributed by atoms with Crippen molar-refractivity contribution in [3.63, 3.8) is 0 Å². The molecule has 3 aromatic rings. The Morgan fingerprint density at radius 1 is 1.09 bits per heavy atom. The number of amides is 2. The van der Waals surface area contributed by atoms with Crippen molar-refractivity contribution in [2.75, 3.05) is 11.5 Å². The Morgan fingerprint density at radius 2 is 1.79 bits per heavy atom. The summed E-state index contributed by atoms with van der Waals surface area (Å²) in [5.41, 5.74) is 2.21. The van der Waals surface area contributed by atoms with Gasteiger partial charge in [-0.1, -0.05) is 42.5 Å². The van der Waals surface area contributed by atoms with Gasteiger partial charge in [0.1, 0.15) is 0 Å². The summed E-state index contributed by atoms with van der Waals surface area (Å²) in [6, 6.07) is 16.4. The number of rotatable bonds is 9. The molecule has 0 radical (unpaired) electrons. The van der Waals surface area contributed by atoms with Crippen molar-refractivity contribution in [1.82, 2.24) is 5.32 Å². The second kappa shape index (κ2) is 11.2. The van der Waals surface area contributed by atoms with Gasteiger partial charge in [0.05, 0.1) is 15.9 Å². The number of carbonyl (C=O) groups is 3. The second-order valence-electron chi connectivity index (χ2n) is 7.62. The Labute approximate surface area is 208 Å². The van der Waals surface area contributed by atoms with E-state index < -0.39 is 18.5 Å². The molecule has 1 aromatic heterocycles. The molecule has 2 aromatic carbocycles. The zero-order valence-corrected chi connectivity index (χ0v) is 20.9. The van der Waals surface area contributed by atoms with E-state index in [0.29, 0.717) is 27.1 Å². The number of carboxylic acids is 2. The highest BCUT2D eigenvalue weighted by atomic mass is 79.9. The number of benzene rings is 2. The molecule has 2 amide bonds. The molecule has 0 atom stereocenters. The van der Waals surface area contributed by atoms with Gasteiger partial charge in [-0.3, -0.25) is 4.90 Å². The predicted molar refractivity (Wildman–Crippen MR) is 134 cm³/mol. The first-order chi connectivity index (χ1) is 16.2. The fourth-order valence-electron chi connectivity index (χ4n) is 3.17. The van der Waals surface area contributed by atoms with E-state index in [1.54, 1.807) is 29.2 Å². The lowest BCUT2D eigenvalue weighted by Gasteiger charge is -2.25. The van der Waals surface area contributed by atoms with Crippen LogP contribution in [0.3, 0.4) is 0 Å². The summed E-state index contributed by atoms with van der Waals surface area (Å²) < 4.78 is 5.58. The number of aromatic carboxylic acids is 1. The molecule has 0 saturated carbocycles. The van der Waals surface area contributed by atoms with Gasteiger partial charge in [0.15, 0.2) is 17.2 Å². The van der Waals surface area contributed by atoms with E-state index in [0.717, 1.165) is 16.9 Å². The number of thiophene rings is 1. The zero-order valence-electron chi connectivity index (χ0n) is 18.4. The summed E-state index contributed by atoms with van der Waals surface area (Å²) in [6.45, 7) is 3.42. The maximum atomic E-state index is 13.0. The minimum Gasteiger partial charge on any atom is -0.479 e. The minimum atomic E-state index is -1.23. The highest BCUT2D eigenvalue weighted by molar-refractivity contribution is 9.10. The van der Waals surface area contributed by atoms with Crippen molar-refractivity contribution in [3.8, 4) is 16.2 Å².